The van der Waals surface area contributed by atoms with Gasteiger partial charge in [-0.3, -0.25) is 0 Å². The minimum Gasteiger partial charge on any atom is -0.241 e. The molecule has 0 radical (unpaired) electrons. The lowest BCUT2D eigenvalue weighted by Crippen LogP contribution is -1.81. The first kappa shape index (κ1) is 10.4. The molecule has 0 fully saturated rings. The van der Waals surface area contributed by atoms with Crippen LogP contribution in [-0.4, -0.2) is 4.98 Å². The van der Waals surface area contributed by atoms with Gasteiger partial charge in [-0.25, -0.2) is 4.98 Å². The minimum absolute atomic E-state index is 1.10. The maximum atomic E-state index is 4.60. The fraction of sp³-hybridized carbons (Fsp3) is 0.308. The highest BCUT2D eigenvalue weighted by Gasteiger charge is 2.01. The highest BCUT2D eigenvalue weighted by atomic mass is 32.1. The third-order valence-electron chi connectivity index (χ3n) is 2.34. The molecular formula is C13H15NS. The zero-order valence-corrected chi connectivity index (χ0v) is 9.76. The fourth-order valence-electron chi connectivity index (χ4n) is 1.56. The molecule has 78 valence electrons. The number of unbranched alkanes of at least 4 members (excludes halogenated alkanes) is 1. The Morgan fingerprint density at radius 3 is 3.00 bits per heavy atom. The van der Waals surface area contributed by atoms with Crippen molar-refractivity contribution in [2.24, 2.45) is 0 Å². The quantitative estimate of drug-likeness (QED) is 0.552. The van der Waals surface area contributed by atoms with E-state index in [-0.39, 0.29) is 0 Å². The fourth-order valence-corrected chi connectivity index (χ4v) is 2.57. The lowest BCUT2D eigenvalue weighted by Gasteiger charge is -1.91. The van der Waals surface area contributed by atoms with Crippen LogP contribution < -0.4 is 0 Å². The van der Waals surface area contributed by atoms with Crippen LogP contribution in [0, 0.1) is 0 Å². The topological polar surface area (TPSA) is 12.9 Å². The molecule has 0 bridgehead atoms. The van der Waals surface area contributed by atoms with Gasteiger partial charge in [0.2, 0.25) is 0 Å². The lowest BCUT2D eigenvalue weighted by atomic mass is 10.2. The summed E-state index contributed by atoms with van der Waals surface area (Å²) in [5.74, 6) is 0. The molecule has 0 saturated carbocycles. The second-order valence-electron chi connectivity index (χ2n) is 3.54. The summed E-state index contributed by atoms with van der Waals surface area (Å²) < 4.78 is 1.30. The summed E-state index contributed by atoms with van der Waals surface area (Å²) in [5.41, 5.74) is 1.14. The Morgan fingerprint density at radius 2 is 2.20 bits per heavy atom. The number of aryl methyl sites for hydroxylation is 1. The molecule has 1 aromatic heterocycles. The maximum absolute atomic E-state index is 4.60. The number of hydrogen-bond acceptors (Lipinski definition) is 2. The average Bonchev–Trinajstić information content (AvgIpc) is 2.67. The van der Waals surface area contributed by atoms with Crippen LogP contribution in [0.3, 0.4) is 0 Å². The molecule has 2 rings (SSSR count). The molecule has 0 aliphatic rings. The number of aromatic nitrogens is 1. The molecule has 0 spiro atoms. The molecule has 0 atom stereocenters. The number of allylic oxidation sites excluding steroid dienone is 2. The van der Waals surface area contributed by atoms with Gasteiger partial charge in [0.05, 0.1) is 15.2 Å². The minimum atomic E-state index is 1.10. The van der Waals surface area contributed by atoms with E-state index in [2.05, 4.69) is 42.3 Å². The first-order chi connectivity index (χ1) is 7.40. The maximum Gasteiger partial charge on any atom is 0.0938 e. The van der Waals surface area contributed by atoms with Gasteiger partial charge < -0.3 is 0 Å². The van der Waals surface area contributed by atoms with Crippen LogP contribution in [0.15, 0.2) is 36.4 Å². The predicted octanol–water partition coefficient (Wildman–Crippen LogP) is 4.20. The summed E-state index contributed by atoms with van der Waals surface area (Å²) in [6.45, 7) is 2.07. The van der Waals surface area contributed by atoms with Crippen molar-refractivity contribution >= 4 is 21.6 Å². The highest BCUT2D eigenvalue weighted by molar-refractivity contribution is 7.18. The van der Waals surface area contributed by atoms with Crippen LogP contribution in [-0.2, 0) is 6.42 Å². The van der Waals surface area contributed by atoms with Crippen molar-refractivity contribution in [3.05, 3.63) is 41.4 Å². The van der Waals surface area contributed by atoms with Crippen molar-refractivity contribution in [3.8, 4) is 0 Å². The molecule has 1 aromatic carbocycles. The van der Waals surface area contributed by atoms with Crippen LogP contribution in [0.2, 0.25) is 0 Å². The van der Waals surface area contributed by atoms with Gasteiger partial charge in [0.15, 0.2) is 0 Å². The Balaban J connectivity index is 2.02. The molecule has 0 saturated heterocycles. The molecule has 1 heterocycles. The van der Waals surface area contributed by atoms with Gasteiger partial charge in [0.25, 0.3) is 0 Å². The summed E-state index contributed by atoms with van der Waals surface area (Å²) in [4.78, 5) is 4.60. The van der Waals surface area contributed by atoms with Gasteiger partial charge in [-0.1, -0.05) is 24.3 Å². The summed E-state index contributed by atoms with van der Waals surface area (Å²) in [6, 6.07) is 8.35. The van der Waals surface area contributed by atoms with Crippen LogP contribution in [0.5, 0.6) is 0 Å². The molecule has 15 heavy (non-hydrogen) atoms. The first-order valence-corrected chi connectivity index (χ1v) is 6.17. The molecule has 0 N–H and O–H groups in total. The number of rotatable bonds is 4. The summed E-state index contributed by atoms with van der Waals surface area (Å²) >= 11 is 1.82. The normalized spacial score (nSPS) is 11.5. The molecule has 0 aliphatic carbocycles. The molecule has 2 heteroatoms. The third kappa shape index (κ3) is 2.66. The second kappa shape index (κ2) is 5.08. The summed E-state index contributed by atoms with van der Waals surface area (Å²) in [6.07, 6.45) is 7.78. The van der Waals surface area contributed by atoms with E-state index in [9.17, 15) is 0 Å². The van der Waals surface area contributed by atoms with E-state index in [1.54, 1.807) is 0 Å². The van der Waals surface area contributed by atoms with Crippen LogP contribution in [0.1, 0.15) is 24.8 Å². The van der Waals surface area contributed by atoms with Gasteiger partial charge in [-0.2, -0.15) is 0 Å². The zero-order chi connectivity index (χ0) is 10.5. The van der Waals surface area contributed by atoms with Crippen molar-refractivity contribution in [1.29, 1.82) is 0 Å². The highest BCUT2D eigenvalue weighted by Crippen LogP contribution is 2.22. The monoisotopic (exact) mass is 217 g/mol. The first-order valence-electron chi connectivity index (χ1n) is 5.36. The Bertz CT molecular complexity index is 423. The van der Waals surface area contributed by atoms with Crippen molar-refractivity contribution in [2.45, 2.75) is 26.2 Å². The number of thiazole rings is 1. The molecule has 0 amide bonds. The van der Waals surface area contributed by atoms with E-state index >= 15 is 0 Å². The van der Waals surface area contributed by atoms with E-state index < -0.39 is 0 Å². The van der Waals surface area contributed by atoms with Gasteiger partial charge in [-0.05, 0) is 38.3 Å². The van der Waals surface area contributed by atoms with E-state index in [1.807, 2.05) is 17.4 Å². The van der Waals surface area contributed by atoms with Crippen molar-refractivity contribution < 1.29 is 0 Å². The van der Waals surface area contributed by atoms with Crippen molar-refractivity contribution in [1.82, 2.24) is 4.98 Å². The zero-order valence-electron chi connectivity index (χ0n) is 8.94. The molecule has 2 aromatic rings. The second-order valence-corrected chi connectivity index (χ2v) is 4.65. The molecule has 0 aliphatic heterocycles. The molecule has 0 unspecified atom stereocenters. The summed E-state index contributed by atoms with van der Waals surface area (Å²) in [7, 11) is 0. The Kier molecular flexibility index (Phi) is 3.51. The number of benzene rings is 1. The standard InChI is InChI=1S/C13H15NS/c1-2-3-4-5-10-13-14-11-8-6-7-9-12(11)15-13/h2-3,6-9H,4-5,10H2,1H3. The van der Waals surface area contributed by atoms with E-state index in [4.69, 9.17) is 0 Å². The van der Waals surface area contributed by atoms with Crippen LogP contribution >= 0.6 is 11.3 Å². The third-order valence-corrected chi connectivity index (χ3v) is 3.43. The van der Waals surface area contributed by atoms with Gasteiger partial charge in [0.1, 0.15) is 0 Å². The van der Waals surface area contributed by atoms with Crippen LogP contribution in [0.4, 0.5) is 0 Å². The average molecular weight is 217 g/mol. The van der Waals surface area contributed by atoms with Gasteiger partial charge in [-0.15, -0.1) is 11.3 Å². The number of hydrogen-bond donors (Lipinski definition) is 0. The predicted molar refractivity (Wildman–Crippen MR) is 67.4 cm³/mol. The number of fused-ring (bicyclic) bond motifs is 1. The van der Waals surface area contributed by atoms with Crippen molar-refractivity contribution in [2.75, 3.05) is 0 Å². The van der Waals surface area contributed by atoms with E-state index in [0.29, 0.717) is 0 Å². The van der Waals surface area contributed by atoms with Gasteiger partial charge >= 0.3 is 0 Å². The number of para-hydroxylation sites is 1. The van der Waals surface area contributed by atoms with E-state index in [1.165, 1.54) is 16.1 Å². The summed E-state index contributed by atoms with van der Waals surface area (Å²) in [5, 5.41) is 1.26. The largest absolute Gasteiger partial charge is 0.241 e. The Labute approximate surface area is 94.5 Å². The SMILES string of the molecule is CC=CCCCc1nc2ccccc2s1. The van der Waals surface area contributed by atoms with Gasteiger partial charge in [0, 0.05) is 0 Å². The van der Waals surface area contributed by atoms with E-state index in [0.717, 1.165) is 18.4 Å². The molecule has 1 nitrogen and oxygen atoms in total. The number of nitrogens with zero attached hydrogens (tertiary/aromatic N) is 1. The Morgan fingerprint density at radius 1 is 1.33 bits per heavy atom. The Hall–Kier alpha value is -1.15. The lowest BCUT2D eigenvalue weighted by molar-refractivity contribution is 0.837. The smallest absolute Gasteiger partial charge is 0.0938 e. The van der Waals surface area contributed by atoms with Crippen molar-refractivity contribution in [3.63, 3.8) is 0 Å². The van der Waals surface area contributed by atoms with Crippen LogP contribution in [0.25, 0.3) is 10.2 Å². The molecular weight excluding hydrogens is 202 g/mol.